The molecule has 0 saturated heterocycles. The van der Waals surface area contributed by atoms with Gasteiger partial charge in [-0.25, -0.2) is 4.39 Å². The van der Waals surface area contributed by atoms with Crippen molar-refractivity contribution >= 4 is 5.91 Å². The molecule has 22 heavy (non-hydrogen) atoms. The number of amides is 1. The van der Waals surface area contributed by atoms with Crippen molar-refractivity contribution in [1.82, 2.24) is 9.88 Å². The Morgan fingerprint density at radius 1 is 1.32 bits per heavy atom. The van der Waals surface area contributed by atoms with Crippen LogP contribution < -0.4 is 10.9 Å². The number of halogens is 1. The third-order valence-electron chi connectivity index (χ3n) is 5.15. The van der Waals surface area contributed by atoms with Crippen LogP contribution in [0.5, 0.6) is 0 Å². The number of hydrogen-bond donors (Lipinski definition) is 1. The van der Waals surface area contributed by atoms with E-state index in [-0.39, 0.29) is 11.6 Å². The molecule has 1 aromatic heterocycles. The predicted molar refractivity (Wildman–Crippen MR) is 80.5 cm³/mol. The number of nitrogens with one attached hydrogen (secondary N) is 1. The summed E-state index contributed by atoms with van der Waals surface area (Å²) in [7, 11) is 0. The minimum absolute atomic E-state index is 0.0138. The lowest BCUT2D eigenvalue weighted by Crippen LogP contribution is -2.44. The van der Waals surface area contributed by atoms with Crippen LogP contribution in [0.1, 0.15) is 43.4 Å². The Hall–Kier alpha value is -1.65. The lowest BCUT2D eigenvalue weighted by atomic mass is 9.91. The van der Waals surface area contributed by atoms with E-state index in [0.29, 0.717) is 25.2 Å². The zero-order valence-electron chi connectivity index (χ0n) is 12.6. The molecule has 3 aliphatic rings. The highest BCUT2D eigenvalue weighted by Gasteiger charge is 2.51. The molecule has 1 aromatic rings. The summed E-state index contributed by atoms with van der Waals surface area (Å²) in [5, 5.41) is 2.85. The molecule has 0 bridgehead atoms. The molecule has 3 aliphatic carbocycles. The maximum atomic E-state index is 13.8. The van der Waals surface area contributed by atoms with Crippen LogP contribution in [0.15, 0.2) is 16.9 Å². The second kappa shape index (κ2) is 4.93. The van der Waals surface area contributed by atoms with Gasteiger partial charge in [0.1, 0.15) is 0 Å². The van der Waals surface area contributed by atoms with Crippen LogP contribution in [0.2, 0.25) is 0 Å². The first kappa shape index (κ1) is 14.0. The van der Waals surface area contributed by atoms with Crippen molar-refractivity contribution in [3.8, 4) is 0 Å². The van der Waals surface area contributed by atoms with E-state index in [1.54, 1.807) is 6.07 Å². The Kier molecular flexibility index (Phi) is 3.13. The number of fused-ring (bicyclic) bond motifs is 1. The monoisotopic (exact) mass is 304 g/mol. The number of nitrogens with zero attached hydrogens (tertiary/aromatic N) is 1. The van der Waals surface area contributed by atoms with Crippen molar-refractivity contribution in [3.63, 3.8) is 0 Å². The Morgan fingerprint density at radius 3 is 2.77 bits per heavy atom. The normalized spacial score (nSPS) is 25.4. The van der Waals surface area contributed by atoms with E-state index >= 15 is 0 Å². The van der Waals surface area contributed by atoms with Gasteiger partial charge in [-0.3, -0.25) is 9.59 Å². The van der Waals surface area contributed by atoms with Gasteiger partial charge in [-0.15, -0.1) is 0 Å². The van der Waals surface area contributed by atoms with Gasteiger partial charge in [0, 0.05) is 24.3 Å². The van der Waals surface area contributed by atoms with Crippen LogP contribution in [0.3, 0.4) is 0 Å². The number of aromatic nitrogens is 1. The van der Waals surface area contributed by atoms with Gasteiger partial charge < -0.3 is 9.88 Å². The Bertz CT molecular complexity index is 674. The highest BCUT2D eigenvalue weighted by Crippen LogP contribution is 2.40. The third-order valence-corrected chi connectivity index (χ3v) is 5.15. The van der Waals surface area contributed by atoms with Gasteiger partial charge in [-0.1, -0.05) is 6.07 Å². The quantitative estimate of drug-likeness (QED) is 0.921. The van der Waals surface area contributed by atoms with Crippen molar-refractivity contribution in [1.29, 1.82) is 0 Å². The van der Waals surface area contributed by atoms with E-state index in [1.165, 1.54) is 12.8 Å². The molecule has 0 unspecified atom stereocenters. The average molecular weight is 304 g/mol. The Balaban J connectivity index is 1.51. The standard InChI is InChI=1S/C17H21FN2O2/c18-17(7-8-17)16(22)19-13-4-5-14-12(9-13)3-6-15(21)20(14)10-11-1-2-11/h3,6,11,13H,1-2,4-5,7-10H2,(H,19,22)/t13-/m1/s1. The molecule has 2 fully saturated rings. The lowest BCUT2D eigenvalue weighted by molar-refractivity contribution is -0.128. The molecule has 1 atom stereocenters. The molecular formula is C17H21FN2O2. The van der Waals surface area contributed by atoms with E-state index in [4.69, 9.17) is 0 Å². The highest BCUT2D eigenvalue weighted by atomic mass is 19.1. The maximum absolute atomic E-state index is 13.8. The fourth-order valence-electron chi connectivity index (χ4n) is 3.36. The summed E-state index contributed by atoms with van der Waals surface area (Å²) < 4.78 is 15.7. The molecule has 118 valence electrons. The smallest absolute Gasteiger partial charge is 0.257 e. The molecule has 0 spiro atoms. The van der Waals surface area contributed by atoms with Gasteiger partial charge in [0.15, 0.2) is 5.67 Å². The summed E-state index contributed by atoms with van der Waals surface area (Å²) >= 11 is 0. The van der Waals surface area contributed by atoms with Crippen molar-refractivity contribution in [2.45, 2.75) is 63.2 Å². The molecule has 2 saturated carbocycles. The van der Waals surface area contributed by atoms with Gasteiger partial charge in [-0.05, 0) is 56.4 Å². The largest absolute Gasteiger partial charge is 0.350 e. The molecule has 0 aliphatic heterocycles. The molecule has 4 nitrogen and oxygen atoms in total. The van der Waals surface area contributed by atoms with Gasteiger partial charge in [-0.2, -0.15) is 0 Å². The first-order chi connectivity index (χ1) is 10.5. The first-order valence-electron chi connectivity index (χ1n) is 8.27. The number of alkyl halides is 1. The van der Waals surface area contributed by atoms with E-state index < -0.39 is 11.6 Å². The Labute approximate surface area is 128 Å². The molecule has 1 amide bonds. The van der Waals surface area contributed by atoms with Gasteiger partial charge in [0.05, 0.1) is 0 Å². The minimum Gasteiger partial charge on any atom is -0.350 e. The summed E-state index contributed by atoms with van der Waals surface area (Å²) in [6.07, 6.45) is 5.39. The van der Waals surface area contributed by atoms with E-state index in [0.717, 1.165) is 30.6 Å². The summed E-state index contributed by atoms with van der Waals surface area (Å²) in [5.74, 6) is 0.204. The third kappa shape index (κ3) is 2.57. The molecular weight excluding hydrogens is 283 g/mol. The number of carbonyl (C=O) groups excluding carboxylic acids is 1. The molecule has 0 radical (unpaired) electrons. The van der Waals surface area contributed by atoms with Crippen LogP contribution in [0, 0.1) is 5.92 Å². The number of pyridine rings is 1. The summed E-state index contributed by atoms with van der Waals surface area (Å²) in [6.45, 7) is 0.826. The number of carbonyl (C=O) groups is 1. The van der Waals surface area contributed by atoms with Gasteiger partial charge >= 0.3 is 0 Å². The van der Waals surface area contributed by atoms with E-state index in [2.05, 4.69) is 5.32 Å². The molecule has 4 rings (SSSR count). The van der Waals surface area contributed by atoms with Crippen molar-refractivity contribution in [2.75, 3.05) is 0 Å². The SMILES string of the molecule is O=C(N[C@@H]1CCc2c(ccc(=O)n2CC2CC2)C1)C1(F)CC1. The summed E-state index contributed by atoms with van der Waals surface area (Å²) in [5.41, 5.74) is 0.714. The van der Waals surface area contributed by atoms with E-state index in [1.807, 2.05) is 10.6 Å². The molecule has 1 heterocycles. The van der Waals surface area contributed by atoms with Crippen molar-refractivity contribution in [2.24, 2.45) is 5.92 Å². The average Bonchev–Trinajstić information content (AvgIpc) is 3.40. The zero-order chi connectivity index (χ0) is 15.3. The zero-order valence-corrected chi connectivity index (χ0v) is 12.6. The summed E-state index contributed by atoms with van der Waals surface area (Å²) in [6, 6.07) is 3.49. The highest BCUT2D eigenvalue weighted by molar-refractivity contribution is 5.88. The van der Waals surface area contributed by atoms with Gasteiger partial charge in [0.2, 0.25) is 0 Å². The van der Waals surface area contributed by atoms with Gasteiger partial charge in [0.25, 0.3) is 11.5 Å². The predicted octanol–water partition coefficient (Wildman–Crippen LogP) is 1.73. The van der Waals surface area contributed by atoms with Crippen LogP contribution >= 0.6 is 0 Å². The summed E-state index contributed by atoms with van der Waals surface area (Å²) in [4.78, 5) is 23.9. The molecule has 1 N–H and O–H groups in total. The van der Waals surface area contributed by atoms with Crippen molar-refractivity contribution < 1.29 is 9.18 Å². The van der Waals surface area contributed by atoms with Crippen LogP contribution in [-0.2, 0) is 24.2 Å². The second-order valence-electron chi connectivity index (χ2n) is 7.08. The second-order valence-corrected chi connectivity index (χ2v) is 7.08. The van der Waals surface area contributed by atoms with Crippen LogP contribution in [0.4, 0.5) is 4.39 Å². The number of rotatable bonds is 4. The maximum Gasteiger partial charge on any atom is 0.257 e. The minimum atomic E-state index is -1.61. The Morgan fingerprint density at radius 2 is 2.09 bits per heavy atom. The number of hydrogen-bond acceptors (Lipinski definition) is 2. The van der Waals surface area contributed by atoms with Crippen LogP contribution in [0.25, 0.3) is 0 Å². The first-order valence-corrected chi connectivity index (χ1v) is 8.27. The fourth-order valence-corrected chi connectivity index (χ4v) is 3.36. The van der Waals surface area contributed by atoms with E-state index in [9.17, 15) is 14.0 Å². The lowest BCUT2D eigenvalue weighted by Gasteiger charge is -2.28. The molecule has 5 heteroatoms. The van der Waals surface area contributed by atoms with Crippen LogP contribution in [-0.4, -0.2) is 22.2 Å². The van der Waals surface area contributed by atoms with Crippen molar-refractivity contribution in [3.05, 3.63) is 33.7 Å². The topological polar surface area (TPSA) is 51.1 Å². The molecule has 0 aromatic carbocycles. The fraction of sp³-hybridized carbons (Fsp3) is 0.647.